The summed E-state index contributed by atoms with van der Waals surface area (Å²) in [7, 11) is 1.56. The molecule has 0 aliphatic heterocycles. The summed E-state index contributed by atoms with van der Waals surface area (Å²) in [5.41, 5.74) is 1.26. The number of carbonyl (C=O) groups is 3. The Hall–Kier alpha value is -1.71. The SMILES string of the molecule is COC(=O)[C@]12CCC(C)(C)CC1C1CC=C3C4C=C(C=O)C(=O)C(C)(C)[C@@H]4CC[C@@]3(C)[C@]1(C)CC2. The second-order valence-electron chi connectivity index (χ2n) is 14.3. The predicted octanol–water partition coefficient (Wildman–Crippen LogP) is 6.49. The fourth-order valence-corrected chi connectivity index (χ4v) is 9.76. The van der Waals surface area contributed by atoms with Crippen molar-refractivity contribution >= 4 is 18.0 Å². The van der Waals surface area contributed by atoms with Gasteiger partial charge >= 0.3 is 5.97 Å². The first-order valence-electron chi connectivity index (χ1n) is 13.8. The molecule has 0 aromatic heterocycles. The van der Waals surface area contributed by atoms with Crippen LogP contribution in [0.25, 0.3) is 0 Å². The van der Waals surface area contributed by atoms with Crippen molar-refractivity contribution in [2.75, 3.05) is 7.11 Å². The molecule has 3 unspecified atom stereocenters. The van der Waals surface area contributed by atoms with Crippen LogP contribution < -0.4 is 0 Å². The van der Waals surface area contributed by atoms with E-state index in [1.165, 1.54) is 5.57 Å². The van der Waals surface area contributed by atoms with Gasteiger partial charge in [0.25, 0.3) is 0 Å². The van der Waals surface area contributed by atoms with Crippen LogP contribution in [0.15, 0.2) is 23.3 Å². The molecular formula is C31H44O4. The number of fused-ring (bicyclic) bond motifs is 7. The molecule has 4 heteroatoms. The minimum atomic E-state index is -0.518. The third-order valence-electron chi connectivity index (χ3n) is 12.2. The highest BCUT2D eigenvalue weighted by atomic mass is 16.5. The molecule has 0 spiro atoms. The van der Waals surface area contributed by atoms with Crippen molar-refractivity contribution in [1.29, 1.82) is 0 Å². The van der Waals surface area contributed by atoms with Gasteiger partial charge in [-0.25, -0.2) is 0 Å². The number of Topliss-reactive ketones (excluding diaryl/α,β-unsaturated/α-hetero) is 1. The van der Waals surface area contributed by atoms with Crippen LogP contribution in [0.4, 0.5) is 0 Å². The highest BCUT2D eigenvalue weighted by molar-refractivity contribution is 6.15. The van der Waals surface area contributed by atoms with E-state index in [4.69, 9.17) is 4.74 Å². The lowest BCUT2D eigenvalue weighted by molar-refractivity contribution is -0.188. The Balaban J connectivity index is 1.61. The second-order valence-corrected chi connectivity index (χ2v) is 14.3. The zero-order valence-electron chi connectivity index (χ0n) is 22.8. The van der Waals surface area contributed by atoms with Gasteiger partial charge in [-0.05, 0) is 85.4 Å². The Kier molecular flexibility index (Phi) is 5.45. The molecule has 0 radical (unpaired) electrons. The van der Waals surface area contributed by atoms with Crippen LogP contribution in [0, 0.1) is 50.7 Å². The summed E-state index contributed by atoms with van der Waals surface area (Å²) in [5.74, 6) is 1.17. The van der Waals surface area contributed by atoms with Crippen molar-refractivity contribution in [1.82, 2.24) is 0 Å². The van der Waals surface area contributed by atoms with Gasteiger partial charge in [0.15, 0.2) is 12.1 Å². The molecule has 4 nitrogen and oxygen atoms in total. The highest BCUT2D eigenvalue weighted by Gasteiger charge is 2.67. The van der Waals surface area contributed by atoms with Gasteiger partial charge in [0.2, 0.25) is 0 Å². The Morgan fingerprint density at radius 2 is 1.66 bits per heavy atom. The van der Waals surface area contributed by atoms with E-state index in [2.05, 4.69) is 33.8 Å². The summed E-state index contributed by atoms with van der Waals surface area (Å²) in [6, 6.07) is 0. The van der Waals surface area contributed by atoms with E-state index in [9.17, 15) is 14.4 Å². The predicted molar refractivity (Wildman–Crippen MR) is 136 cm³/mol. The number of hydrogen-bond donors (Lipinski definition) is 0. The first-order valence-corrected chi connectivity index (χ1v) is 13.8. The minimum Gasteiger partial charge on any atom is -0.469 e. The fourth-order valence-electron chi connectivity index (χ4n) is 9.76. The molecule has 5 aliphatic rings. The van der Waals surface area contributed by atoms with E-state index in [0.717, 1.165) is 57.7 Å². The molecule has 0 heterocycles. The summed E-state index contributed by atoms with van der Waals surface area (Å²) in [5, 5.41) is 0. The summed E-state index contributed by atoms with van der Waals surface area (Å²) in [6.07, 6.45) is 13.3. The van der Waals surface area contributed by atoms with Crippen LogP contribution in [0.2, 0.25) is 0 Å². The number of ketones is 1. The Morgan fingerprint density at radius 3 is 2.31 bits per heavy atom. The lowest BCUT2D eigenvalue weighted by atomic mass is 9.36. The summed E-state index contributed by atoms with van der Waals surface area (Å²) >= 11 is 0. The van der Waals surface area contributed by atoms with E-state index >= 15 is 0 Å². The van der Waals surface area contributed by atoms with E-state index in [1.807, 2.05) is 19.9 Å². The minimum absolute atomic E-state index is 0.00190. The zero-order chi connectivity index (χ0) is 25.6. The van der Waals surface area contributed by atoms with Gasteiger partial charge in [0.05, 0.1) is 18.1 Å². The molecule has 192 valence electrons. The maximum absolute atomic E-state index is 13.3. The second kappa shape index (κ2) is 7.65. The number of esters is 1. The topological polar surface area (TPSA) is 60.4 Å². The number of hydrogen-bond acceptors (Lipinski definition) is 4. The Labute approximate surface area is 211 Å². The van der Waals surface area contributed by atoms with E-state index in [0.29, 0.717) is 17.4 Å². The molecular weight excluding hydrogens is 436 g/mol. The van der Waals surface area contributed by atoms with E-state index in [1.54, 1.807) is 7.11 Å². The van der Waals surface area contributed by atoms with Gasteiger partial charge in [-0.2, -0.15) is 0 Å². The normalized spacial score (nSPS) is 45.5. The lowest BCUT2D eigenvalue weighted by Crippen LogP contribution is -2.62. The Bertz CT molecular complexity index is 1030. The molecule has 5 rings (SSSR count). The molecule has 0 aromatic rings. The average Bonchev–Trinajstić information content (AvgIpc) is 2.80. The maximum Gasteiger partial charge on any atom is 0.312 e. The van der Waals surface area contributed by atoms with Crippen LogP contribution in [0.1, 0.15) is 92.9 Å². The molecule has 5 aliphatic carbocycles. The molecule has 0 amide bonds. The van der Waals surface area contributed by atoms with Crippen molar-refractivity contribution in [3.05, 3.63) is 23.3 Å². The van der Waals surface area contributed by atoms with Gasteiger partial charge in [-0.15, -0.1) is 0 Å². The highest BCUT2D eigenvalue weighted by Crippen LogP contribution is 2.73. The van der Waals surface area contributed by atoms with Gasteiger partial charge in [0.1, 0.15) is 0 Å². The standard InChI is InChI=1S/C31H44O4/c1-27(2)12-14-31(26(34)35-7)15-13-30(6)23(24(31)17-27)9-8-22-20-16-19(18-32)25(33)28(3,4)21(20)10-11-29(22,30)5/h8,16,18,20-21,23-24H,9-15,17H2,1-7H3/t20?,21-,23?,24?,29-,30-,31+/m1/s1. The first-order chi connectivity index (χ1) is 16.3. The molecule has 7 atom stereocenters. The fraction of sp³-hybridized carbons (Fsp3) is 0.774. The quantitative estimate of drug-likeness (QED) is 0.196. The van der Waals surface area contributed by atoms with Gasteiger partial charge in [0, 0.05) is 11.3 Å². The number of rotatable bonds is 2. The van der Waals surface area contributed by atoms with Crippen molar-refractivity contribution in [2.24, 2.45) is 50.7 Å². The van der Waals surface area contributed by atoms with Crippen molar-refractivity contribution in [2.45, 2.75) is 92.9 Å². The largest absolute Gasteiger partial charge is 0.469 e. The number of methoxy groups -OCH3 is 1. The Morgan fingerprint density at radius 1 is 0.971 bits per heavy atom. The monoisotopic (exact) mass is 480 g/mol. The third kappa shape index (κ3) is 3.13. The van der Waals surface area contributed by atoms with E-state index < -0.39 is 5.41 Å². The van der Waals surface area contributed by atoms with Gasteiger partial charge in [-0.1, -0.05) is 59.3 Å². The van der Waals surface area contributed by atoms with Gasteiger partial charge in [-0.3, -0.25) is 14.4 Å². The van der Waals surface area contributed by atoms with Gasteiger partial charge < -0.3 is 4.74 Å². The molecule has 3 fully saturated rings. The summed E-state index contributed by atoms with van der Waals surface area (Å²) in [4.78, 5) is 38.2. The van der Waals surface area contributed by atoms with E-state index in [-0.39, 0.29) is 45.2 Å². The molecule has 35 heavy (non-hydrogen) atoms. The third-order valence-corrected chi connectivity index (χ3v) is 12.2. The van der Waals surface area contributed by atoms with Crippen LogP contribution in [-0.2, 0) is 19.1 Å². The first kappa shape index (κ1) is 25.0. The molecule has 3 saturated carbocycles. The number of ether oxygens (including phenoxy) is 1. The van der Waals surface area contributed by atoms with Crippen LogP contribution in [0.3, 0.4) is 0 Å². The maximum atomic E-state index is 13.3. The zero-order valence-corrected chi connectivity index (χ0v) is 22.8. The van der Waals surface area contributed by atoms with Crippen molar-refractivity contribution < 1.29 is 19.1 Å². The smallest absolute Gasteiger partial charge is 0.312 e. The van der Waals surface area contributed by atoms with Crippen LogP contribution >= 0.6 is 0 Å². The van der Waals surface area contributed by atoms with Crippen LogP contribution in [-0.4, -0.2) is 25.1 Å². The number of carbonyl (C=O) groups excluding carboxylic acids is 3. The van der Waals surface area contributed by atoms with Crippen LogP contribution in [0.5, 0.6) is 0 Å². The lowest BCUT2D eigenvalue weighted by Gasteiger charge is -2.67. The van der Waals surface area contributed by atoms with Crippen molar-refractivity contribution in [3.63, 3.8) is 0 Å². The summed E-state index contributed by atoms with van der Waals surface area (Å²) < 4.78 is 5.46. The number of allylic oxidation sites excluding steroid dienone is 4. The molecule has 0 aromatic carbocycles. The number of aldehydes is 1. The summed E-state index contributed by atoms with van der Waals surface area (Å²) in [6.45, 7) is 13.8. The average molecular weight is 481 g/mol. The molecule has 0 bridgehead atoms. The molecule has 0 N–H and O–H groups in total. The molecule has 0 saturated heterocycles. The van der Waals surface area contributed by atoms with Crippen molar-refractivity contribution in [3.8, 4) is 0 Å².